The van der Waals surface area contributed by atoms with Crippen LogP contribution >= 0.6 is 0 Å². The molecule has 1 aliphatic heterocycles. The Morgan fingerprint density at radius 2 is 2.05 bits per heavy atom. The molecule has 1 aromatic carbocycles. The topological polar surface area (TPSA) is 76.7 Å². The minimum Gasteiger partial charge on any atom is -0.492 e. The number of sulfonamides is 1. The first kappa shape index (κ1) is 16.2. The van der Waals surface area contributed by atoms with Crippen LogP contribution in [0.2, 0.25) is 0 Å². The highest BCUT2D eigenvalue weighted by Crippen LogP contribution is 2.19. The maximum Gasteiger partial charge on any atom is 0.240 e. The van der Waals surface area contributed by atoms with Gasteiger partial charge in [-0.15, -0.1) is 0 Å². The molecule has 0 aromatic heterocycles. The molecule has 6 nitrogen and oxygen atoms in total. The van der Waals surface area contributed by atoms with E-state index < -0.39 is 10.0 Å². The first-order valence-electron chi connectivity index (χ1n) is 7.04. The normalized spacial score (nSPS) is 22.4. The van der Waals surface area contributed by atoms with Crippen LogP contribution in [0.25, 0.3) is 0 Å². The number of benzene rings is 1. The molecule has 0 amide bonds. The van der Waals surface area contributed by atoms with Crippen molar-refractivity contribution in [3.63, 3.8) is 0 Å². The summed E-state index contributed by atoms with van der Waals surface area (Å²) in [5.41, 5.74) is 0. The van der Waals surface area contributed by atoms with E-state index in [-0.39, 0.29) is 17.0 Å². The minimum absolute atomic E-state index is 0.0936. The number of hydrogen-bond acceptors (Lipinski definition) is 5. The quantitative estimate of drug-likeness (QED) is 0.726. The first-order chi connectivity index (χ1) is 10.0. The molecule has 1 fully saturated rings. The molecule has 1 heterocycles. The molecule has 2 atom stereocenters. The Morgan fingerprint density at radius 3 is 2.62 bits per heavy atom. The van der Waals surface area contributed by atoms with E-state index in [9.17, 15) is 8.42 Å². The number of rotatable bonds is 7. The van der Waals surface area contributed by atoms with Crippen LogP contribution in [0.1, 0.15) is 13.3 Å². The van der Waals surface area contributed by atoms with Crippen LogP contribution in [0.3, 0.4) is 0 Å². The Labute approximate surface area is 125 Å². The number of likely N-dealkylation sites (N-methyl/N-ethyl adjacent to an activating group) is 1. The second-order valence-electron chi connectivity index (χ2n) is 5.02. The molecular weight excluding hydrogens is 292 g/mol. The van der Waals surface area contributed by atoms with Gasteiger partial charge in [-0.05, 0) is 44.7 Å². The van der Waals surface area contributed by atoms with Crippen LogP contribution in [0, 0.1) is 0 Å². The van der Waals surface area contributed by atoms with Gasteiger partial charge in [-0.1, -0.05) is 0 Å². The highest BCUT2D eigenvalue weighted by atomic mass is 32.2. The van der Waals surface area contributed by atoms with E-state index >= 15 is 0 Å². The van der Waals surface area contributed by atoms with Crippen molar-refractivity contribution in [2.24, 2.45) is 0 Å². The van der Waals surface area contributed by atoms with Gasteiger partial charge in [0, 0.05) is 13.2 Å². The van der Waals surface area contributed by atoms with Crippen molar-refractivity contribution in [2.45, 2.75) is 30.4 Å². The Kier molecular flexibility index (Phi) is 5.58. The smallest absolute Gasteiger partial charge is 0.240 e. The molecule has 1 saturated heterocycles. The fourth-order valence-electron chi connectivity index (χ4n) is 2.14. The van der Waals surface area contributed by atoms with Crippen molar-refractivity contribution in [1.82, 2.24) is 10.0 Å². The lowest BCUT2D eigenvalue weighted by Gasteiger charge is -2.16. The molecular formula is C14H22N2O4S. The summed E-state index contributed by atoms with van der Waals surface area (Å²) < 4.78 is 38.1. The standard InChI is InChI=1S/C14H22N2O4S/c1-11-14(7-9-19-11)16-21(17,18)13-5-3-12(4-6-13)20-10-8-15-2/h3-6,11,14-16H,7-10H2,1-2H3. The summed E-state index contributed by atoms with van der Waals surface area (Å²) in [7, 11) is -1.67. The molecule has 1 aliphatic rings. The zero-order valence-electron chi connectivity index (χ0n) is 12.3. The largest absolute Gasteiger partial charge is 0.492 e. The average molecular weight is 314 g/mol. The summed E-state index contributed by atoms with van der Waals surface area (Å²) >= 11 is 0. The Balaban J connectivity index is 1.99. The third-order valence-corrected chi connectivity index (χ3v) is 4.94. The zero-order valence-corrected chi connectivity index (χ0v) is 13.2. The number of ether oxygens (including phenoxy) is 2. The molecule has 1 aromatic rings. The third kappa shape index (κ3) is 4.41. The van der Waals surface area contributed by atoms with Crippen LogP contribution in [0.15, 0.2) is 29.2 Å². The van der Waals surface area contributed by atoms with Crippen molar-refractivity contribution in [2.75, 3.05) is 26.8 Å². The summed E-state index contributed by atoms with van der Waals surface area (Å²) in [5, 5.41) is 2.98. The van der Waals surface area contributed by atoms with Crippen LogP contribution < -0.4 is 14.8 Å². The molecule has 118 valence electrons. The van der Waals surface area contributed by atoms with Crippen molar-refractivity contribution in [3.8, 4) is 5.75 Å². The fourth-order valence-corrected chi connectivity index (χ4v) is 3.48. The molecule has 2 unspecified atom stereocenters. The van der Waals surface area contributed by atoms with E-state index in [1.54, 1.807) is 24.3 Å². The second kappa shape index (κ2) is 7.22. The van der Waals surface area contributed by atoms with Gasteiger partial charge in [-0.2, -0.15) is 0 Å². The van der Waals surface area contributed by atoms with Crippen LogP contribution in [0.4, 0.5) is 0 Å². The Morgan fingerprint density at radius 1 is 1.33 bits per heavy atom. The monoisotopic (exact) mass is 314 g/mol. The lowest BCUT2D eigenvalue weighted by Crippen LogP contribution is -2.39. The molecule has 7 heteroatoms. The van der Waals surface area contributed by atoms with Gasteiger partial charge in [-0.3, -0.25) is 0 Å². The van der Waals surface area contributed by atoms with E-state index in [1.165, 1.54) is 0 Å². The van der Waals surface area contributed by atoms with Gasteiger partial charge in [-0.25, -0.2) is 13.1 Å². The summed E-state index contributed by atoms with van der Waals surface area (Å²) in [5.74, 6) is 0.654. The Bertz CT molecular complexity index is 545. The van der Waals surface area contributed by atoms with Gasteiger partial charge >= 0.3 is 0 Å². The van der Waals surface area contributed by atoms with Crippen molar-refractivity contribution in [3.05, 3.63) is 24.3 Å². The molecule has 0 spiro atoms. The minimum atomic E-state index is -3.52. The maximum atomic E-state index is 12.3. The van der Waals surface area contributed by atoms with Gasteiger partial charge in [0.15, 0.2) is 0 Å². The molecule has 0 aliphatic carbocycles. The van der Waals surface area contributed by atoms with E-state index in [0.717, 1.165) is 6.54 Å². The Hall–Kier alpha value is -1.15. The fraction of sp³-hybridized carbons (Fsp3) is 0.571. The first-order valence-corrected chi connectivity index (χ1v) is 8.52. The molecule has 2 N–H and O–H groups in total. The van der Waals surface area contributed by atoms with Crippen molar-refractivity contribution >= 4 is 10.0 Å². The molecule has 0 radical (unpaired) electrons. The van der Waals surface area contributed by atoms with E-state index in [0.29, 0.717) is 25.4 Å². The number of nitrogens with one attached hydrogen (secondary N) is 2. The average Bonchev–Trinajstić information content (AvgIpc) is 2.84. The van der Waals surface area contributed by atoms with Gasteiger partial charge in [0.2, 0.25) is 10.0 Å². The van der Waals surface area contributed by atoms with E-state index in [4.69, 9.17) is 9.47 Å². The predicted molar refractivity (Wildman–Crippen MR) is 80.0 cm³/mol. The maximum absolute atomic E-state index is 12.3. The molecule has 0 bridgehead atoms. The summed E-state index contributed by atoms with van der Waals surface area (Å²) in [4.78, 5) is 0.238. The lowest BCUT2D eigenvalue weighted by molar-refractivity contribution is 0.117. The SMILES string of the molecule is CNCCOc1ccc(S(=O)(=O)NC2CCOC2C)cc1. The van der Waals surface area contributed by atoms with Crippen molar-refractivity contribution < 1.29 is 17.9 Å². The molecule has 2 rings (SSSR count). The predicted octanol–water partition coefficient (Wildman–Crippen LogP) is 0.741. The van der Waals surface area contributed by atoms with Crippen molar-refractivity contribution in [1.29, 1.82) is 0 Å². The van der Waals surface area contributed by atoms with Gasteiger partial charge < -0.3 is 14.8 Å². The zero-order chi connectivity index (χ0) is 15.3. The highest BCUT2D eigenvalue weighted by molar-refractivity contribution is 7.89. The van der Waals surface area contributed by atoms with Crippen LogP contribution in [-0.2, 0) is 14.8 Å². The van der Waals surface area contributed by atoms with Gasteiger partial charge in [0.25, 0.3) is 0 Å². The van der Waals surface area contributed by atoms with Crippen LogP contribution in [0.5, 0.6) is 5.75 Å². The molecule has 0 saturated carbocycles. The number of hydrogen-bond donors (Lipinski definition) is 2. The van der Waals surface area contributed by atoms with Gasteiger partial charge in [0.05, 0.1) is 17.0 Å². The van der Waals surface area contributed by atoms with E-state index in [2.05, 4.69) is 10.0 Å². The summed E-state index contributed by atoms with van der Waals surface area (Å²) in [6, 6.07) is 6.27. The third-order valence-electron chi connectivity index (χ3n) is 3.44. The lowest BCUT2D eigenvalue weighted by atomic mass is 10.2. The molecule has 21 heavy (non-hydrogen) atoms. The van der Waals surface area contributed by atoms with Crippen LogP contribution in [-0.4, -0.2) is 47.4 Å². The summed E-state index contributed by atoms with van der Waals surface area (Å²) in [6.07, 6.45) is 0.606. The highest BCUT2D eigenvalue weighted by Gasteiger charge is 2.29. The summed E-state index contributed by atoms with van der Waals surface area (Å²) in [6.45, 7) is 3.74. The van der Waals surface area contributed by atoms with Gasteiger partial charge in [0.1, 0.15) is 12.4 Å². The second-order valence-corrected chi connectivity index (χ2v) is 6.73. The van der Waals surface area contributed by atoms with E-state index in [1.807, 2.05) is 14.0 Å².